The van der Waals surface area contributed by atoms with Crippen molar-refractivity contribution < 1.29 is 6.48 Å². The summed E-state index contributed by atoms with van der Waals surface area (Å²) in [6.45, 7) is 0. The first kappa shape index (κ1) is 9.61. The highest BCUT2D eigenvalue weighted by atomic mass is 16.3. The Morgan fingerprint density at radius 1 is 1.11 bits per heavy atom. The van der Waals surface area contributed by atoms with Crippen molar-refractivity contribution in [3.05, 3.63) is 60.3 Å². The van der Waals surface area contributed by atoms with Crippen LogP contribution in [0.15, 0.2) is 48.9 Å². The van der Waals surface area contributed by atoms with E-state index in [0.717, 1.165) is 0 Å². The van der Waals surface area contributed by atoms with E-state index >= 15 is 0 Å². The van der Waals surface area contributed by atoms with Gasteiger partial charge in [0.2, 0.25) is 0 Å². The van der Waals surface area contributed by atoms with Crippen molar-refractivity contribution in [2.75, 3.05) is 0 Å². The van der Waals surface area contributed by atoms with E-state index in [1.165, 1.54) is 12.4 Å². The molecule has 88 valence electrons. The van der Waals surface area contributed by atoms with Crippen molar-refractivity contribution in [3.8, 4) is 0 Å². The van der Waals surface area contributed by atoms with Gasteiger partial charge in [-0.3, -0.25) is 0 Å². The maximum absolute atomic E-state index is 10.2. The zero-order valence-corrected chi connectivity index (χ0v) is 9.35. The van der Waals surface area contributed by atoms with Gasteiger partial charge in [0, 0.05) is 12.4 Å². The molecule has 0 aliphatic rings. The van der Waals surface area contributed by atoms with Gasteiger partial charge in [0.05, 0.1) is 7.57 Å². The van der Waals surface area contributed by atoms with Crippen LogP contribution in [0, 0.1) is 0 Å². The first-order chi connectivity index (χ1) is 9.24. The third-order valence-corrected chi connectivity index (χ3v) is 2.56. The maximum Gasteiger partial charge on any atom is 0.181 e. The molecule has 2 heterocycles. The maximum atomic E-state index is 10.2. The van der Waals surface area contributed by atoms with Crippen LogP contribution in [-0.4, -0.2) is 25.0 Å². The second-order valence-electron chi connectivity index (χ2n) is 3.75. The van der Waals surface area contributed by atoms with E-state index in [4.69, 9.17) is 1.37 Å². The Labute approximate surface area is 105 Å². The average molecular weight is 239 g/mol. The zero-order valence-electron chi connectivity index (χ0n) is 10.4. The number of aliphatic hydroxyl groups excluding tert-OH is 1. The van der Waals surface area contributed by atoms with Crippen LogP contribution in [-0.2, 0) is 0 Å². The van der Waals surface area contributed by atoms with Gasteiger partial charge in [-0.1, -0.05) is 30.3 Å². The fourth-order valence-corrected chi connectivity index (χ4v) is 1.66. The predicted octanol–water partition coefficient (Wildman–Crippen LogP) is 1.50. The van der Waals surface area contributed by atoms with Crippen molar-refractivity contribution in [2.24, 2.45) is 0 Å². The number of rotatable bonds is 2. The van der Waals surface area contributed by atoms with E-state index in [1.54, 1.807) is 12.1 Å². The van der Waals surface area contributed by atoms with Gasteiger partial charge < -0.3 is 5.11 Å². The van der Waals surface area contributed by atoms with E-state index in [1.807, 2.05) is 18.2 Å². The van der Waals surface area contributed by atoms with Crippen LogP contribution in [0.5, 0.6) is 0 Å². The molecule has 0 amide bonds. The second-order valence-corrected chi connectivity index (χ2v) is 3.75. The first-order valence-corrected chi connectivity index (χ1v) is 5.43. The molecule has 1 aromatic carbocycles. The molecule has 1 N–H and O–H groups in total. The molecule has 0 spiro atoms. The molecule has 3 aromatic rings. The summed E-state index contributed by atoms with van der Waals surface area (Å²) in [5.74, 6) is 0.249. The molecule has 0 bridgehead atoms. The van der Waals surface area contributed by atoms with Crippen LogP contribution in [0.2, 0.25) is 0 Å². The van der Waals surface area contributed by atoms with Gasteiger partial charge >= 0.3 is 0 Å². The molecule has 3 rings (SSSR count). The molecule has 1 atom stereocenters. The Balaban J connectivity index is 2.05. The van der Waals surface area contributed by atoms with E-state index in [2.05, 4.69) is 19.9 Å². The molecule has 0 radical (unpaired) electrons. The minimum atomic E-state index is -0.915. The highest BCUT2D eigenvalue weighted by Crippen LogP contribution is 2.18. The van der Waals surface area contributed by atoms with E-state index in [9.17, 15) is 5.11 Å². The molecule has 1 unspecified atom stereocenters. The lowest BCUT2D eigenvalue weighted by Gasteiger charge is -2.09. The van der Waals surface area contributed by atoms with E-state index < -0.39 is 6.10 Å². The number of aliphatic hydroxyl groups is 1. The lowest BCUT2D eigenvalue weighted by molar-refractivity contribution is 0.210. The third-order valence-electron chi connectivity index (χ3n) is 2.56. The molecule has 0 aliphatic carbocycles. The van der Waals surface area contributed by atoms with Gasteiger partial charge in [-0.15, -0.1) is 0 Å². The SMILES string of the molecule is [2H]c1cnc2cnc(C(O)c3ccccc3)nc2n1. The lowest BCUT2D eigenvalue weighted by atomic mass is 10.1. The van der Waals surface area contributed by atoms with Crippen LogP contribution in [0.3, 0.4) is 0 Å². The summed E-state index contributed by atoms with van der Waals surface area (Å²) >= 11 is 0. The number of hydrogen-bond donors (Lipinski definition) is 1. The number of nitrogens with zero attached hydrogens (tertiary/aromatic N) is 4. The molecule has 2 aromatic heterocycles. The quantitative estimate of drug-likeness (QED) is 0.733. The van der Waals surface area contributed by atoms with Crippen LogP contribution in [0.25, 0.3) is 11.2 Å². The average Bonchev–Trinajstić information content (AvgIpc) is 2.46. The molecule has 0 aliphatic heterocycles. The molecule has 0 saturated carbocycles. The predicted molar refractivity (Wildman–Crippen MR) is 65.6 cm³/mol. The van der Waals surface area contributed by atoms with Gasteiger partial charge in [-0.05, 0) is 5.56 Å². The number of fused-ring (bicyclic) bond motifs is 1. The number of benzene rings is 1. The molecular formula is C13H10N4O. The van der Waals surface area contributed by atoms with Gasteiger partial charge in [0.15, 0.2) is 11.5 Å². The van der Waals surface area contributed by atoms with E-state index in [0.29, 0.717) is 16.7 Å². The fourth-order valence-electron chi connectivity index (χ4n) is 1.66. The van der Waals surface area contributed by atoms with Crippen molar-refractivity contribution in [1.29, 1.82) is 0 Å². The monoisotopic (exact) mass is 239 g/mol. The van der Waals surface area contributed by atoms with E-state index in [-0.39, 0.29) is 12.0 Å². The smallest absolute Gasteiger partial charge is 0.181 e. The van der Waals surface area contributed by atoms with Crippen LogP contribution >= 0.6 is 0 Å². The Morgan fingerprint density at radius 2 is 1.94 bits per heavy atom. The highest BCUT2D eigenvalue weighted by molar-refractivity contribution is 5.67. The van der Waals surface area contributed by atoms with Crippen molar-refractivity contribution >= 4 is 11.2 Å². The lowest BCUT2D eigenvalue weighted by Crippen LogP contribution is -2.06. The molecule has 0 saturated heterocycles. The summed E-state index contributed by atoms with van der Waals surface area (Å²) in [7, 11) is 0. The summed E-state index contributed by atoms with van der Waals surface area (Å²) in [4.78, 5) is 16.2. The largest absolute Gasteiger partial charge is 0.380 e. The Bertz CT molecular complexity index is 720. The molecule has 18 heavy (non-hydrogen) atoms. The molecular weight excluding hydrogens is 228 g/mol. The van der Waals surface area contributed by atoms with Gasteiger partial charge in [0.25, 0.3) is 0 Å². The number of aromatic nitrogens is 4. The summed E-state index contributed by atoms with van der Waals surface area (Å²) in [5, 5.41) is 10.2. The fraction of sp³-hybridized carbons (Fsp3) is 0.0769. The van der Waals surface area contributed by atoms with Gasteiger partial charge in [-0.25, -0.2) is 19.9 Å². The Morgan fingerprint density at radius 3 is 2.78 bits per heavy atom. The van der Waals surface area contributed by atoms with Crippen LogP contribution in [0.1, 0.15) is 18.9 Å². The topological polar surface area (TPSA) is 71.8 Å². The van der Waals surface area contributed by atoms with Crippen LogP contribution < -0.4 is 0 Å². The minimum absolute atomic E-state index is 0.0337. The second kappa shape index (κ2) is 4.46. The highest BCUT2D eigenvalue weighted by Gasteiger charge is 2.13. The van der Waals surface area contributed by atoms with Crippen molar-refractivity contribution in [2.45, 2.75) is 6.10 Å². The molecule has 5 nitrogen and oxygen atoms in total. The molecule has 5 heteroatoms. The summed E-state index contributed by atoms with van der Waals surface area (Å²) in [5.41, 5.74) is 1.52. The normalized spacial score (nSPS) is 13.3. The van der Waals surface area contributed by atoms with Gasteiger partial charge in [0.1, 0.15) is 11.6 Å². The minimum Gasteiger partial charge on any atom is -0.380 e. The molecule has 0 fully saturated rings. The summed E-state index contributed by atoms with van der Waals surface area (Å²) in [6, 6.07) is 9.13. The van der Waals surface area contributed by atoms with Crippen LogP contribution in [0.4, 0.5) is 0 Å². The Kier molecular flexibility index (Phi) is 2.38. The Hall–Kier alpha value is -2.40. The van der Waals surface area contributed by atoms with Crippen molar-refractivity contribution in [1.82, 2.24) is 19.9 Å². The zero-order chi connectivity index (χ0) is 13.2. The summed E-state index contributed by atoms with van der Waals surface area (Å²) < 4.78 is 7.42. The third kappa shape index (κ3) is 1.91. The summed E-state index contributed by atoms with van der Waals surface area (Å²) in [6.07, 6.45) is 1.95. The van der Waals surface area contributed by atoms with Crippen molar-refractivity contribution in [3.63, 3.8) is 0 Å². The standard InChI is InChI=1S/C13H10N4O/c18-11(9-4-2-1-3-5-9)13-16-8-10-12(17-13)15-7-6-14-10/h1-8,11,18H/i7D. The first-order valence-electron chi connectivity index (χ1n) is 5.93. The number of hydrogen-bond acceptors (Lipinski definition) is 5. The van der Waals surface area contributed by atoms with Gasteiger partial charge in [-0.2, -0.15) is 0 Å².